The van der Waals surface area contributed by atoms with Crippen LogP contribution in [-0.2, 0) is 13.6 Å². The van der Waals surface area contributed by atoms with Gasteiger partial charge < -0.3 is 10.1 Å². The Morgan fingerprint density at radius 3 is 2.62 bits per heavy atom. The highest BCUT2D eigenvalue weighted by atomic mass is 19.1. The summed E-state index contributed by atoms with van der Waals surface area (Å²) in [4.78, 5) is 0. The molecule has 1 aromatic heterocycles. The van der Waals surface area contributed by atoms with E-state index in [1.165, 1.54) is 12.1 Å². The Morgan fingerprint density at radius 1 is 1.33 bits per heavy atom. The molecule has 0 aliphatic carbocycles. The zero-order chi connectivity index (χ0) is 15.6. The molecular formula is C16H22FN3O. The first kappa shape index (κ1) is 15.5. The van der Waals surface area contributed by atoms with Gasteiger partial charge in [0.2, 0.25) is 0 Å². The molecule has 1 aromatic carbocycles. The van der Waals surface area contributed by atoms with Gasteiger partial charge in [0.25, 0.3) is 0 Å². The summed E-state index contributed by atoms with van der Waals surface area (Å²) in [7, 11) is 1.88. The number of benzene rings is 1. The fourth-order valence-corrected chi connectivity index (χ4v) is 2.11. The molecule has 0 bridgehead atoms. The van der Waals surface area contributed by atoms with E-state index in [2.05, 4.69) is 24.3 Å². The molecule has 1 N–H and O–H groups in total. The standard InChI is InChI=1S/C16H22FN3O/c1-10(2)18-9-13-8-14(17)6-7-15(13)21-16-11(3)19-20(5)12(16)4/h6-8,10,18H,9H2,1-5H3. The molecule has 0 aliphatic rings. The molecule has 1 heterocycles. The van der Waals surface area contributed by atoms with Crippen LogP contribution in [-0.4, -0.2) is 15.8 Å². The third-order valence-electron chi connectivity index (χ3n) is 3.38. The first-order valence-corrected chi connectivity index (χ1v) is 7.08. The molecular weight excluding hydrogens is 269 g/mol. The number of aryl methyl sites for hydroxylation is 2. The van der Waals surface area contributed by atoms with Crippen LogP contribution in [0.2, 0.25) is 0 Å². The summed E-state index contributed by atoms with van der Waals surface area (Å²) in [6.07, 6.45) is 0. The van der Waals surface area contributed by atoms with E-state index in [0.717, 1.165) is 22.7 Å². The van der Waals surface area contributed by atoms with Crippen LogP contribution in [0.1, 0.15) is 30.8 Å². The molecule has 2 aromatic rings. The lowest BCUT2D eigenvalue weighted by Crippen LogP contribution is -2.22. The molecule has 0 unspecified atom stereocenters. The maximum atomic E-state index is 13.5. The van der Waals surface area contributed by atoms with Gasteiger partial charge in [-0.1, -0.05) is 13.8 Å². The van der Waals surface area contributed by atoms with Crippen molar-refractivity contribution in [1.82, 2.24) is 15.1 Å². The molecule has 0 atom stereocenters. The second-order valence-electron chi connectivity index (χ2n) is 5.51. The Bertz CT molecular complexity index is 635. The van der Waals surface area contributed by atoms with Crippen molar-refractivity contribution >= 4 is 0 Å². The summed E-state index contributed by atoms with van der Waals surface area (Å²) in [5.74, 6) is 1.13. The lowest BCUT2D eigenvalue weighted by molar-refractivity contribution is 0.459. The first-order chi connectivity index (χ1) is 9.88. The smallest absolute Gasteiger partial charge is 0.171 e. The summed E-state index contributed by atoms with van der Waals surface area (Å²) >= 11 is 0. The predicted octanol–water partition coefficient (Wildman–Crippen LogP) is 3.47. The van der Waals surface area contributed by atoms with Crippen molar-refractivity contribution in [2.75, 3.05) is 0 Å². The first-order valence-electron chi connectivity index (χ1n) is 7.08. The average Bonchev–Trinajstić information content (AvgIpc) is 2.65. The van der Waals surface area contributed by atoms with Gasteiger partial charge in [-0.15, -0.1) is 0 Å². The SMILES string of the molecule is Cc1nn(C)c(C)c1Oc1ccc(F)cc1CNC(C)C. The molecule has 0 fully saturated rings. The monoisotopic (exact) mass is 291 g/mol. The van der Waals surface area contributed by atoms with Gasteiger partial charge in [0, 0.05) is 25.2 Å². The molecule has 114 valence electrons. The van der Waals surface area contributed by atoms with Crippen molar-refractivity contribution in [3.63, 3.8) is 0 Å². The van der Waals surface area contributed by atoms with Crippen LogP contribution < -0.4 is 10.1 Å². The second kappa shape index (κ2) is 6.26. The molecule has 0 saturated carbocycles. The van der Waals surface area contributed by atoms with Crippen molar-refractivity contribution in [2.24, 2.45) is 7.05 Å². The normalized spacial score (nSPS) is 11.2. The van der Waals surface area contributed by atoms with Crippen LogP contribution in [0, 0.1) is 19.7 Å². The third-order valence-corrected chi connectivity index (χ3v) is 3.38. The molecule has 2 rings (SSSR count). The van der Waals surface area contributed by atoms with Gasteiger partial charge in [0.1, 0.15) is 17.3 Å². The Morgan fingerprint density at radius 2 is 2.05 bits per heavy atom. The molecule has 0 amide bonds. The predicted molar refractivity (Wildman–Crippen MR) is 81.1 cm³/mol. The number of nitrogens with one attached hydrogen (secondary N) is 1. The van der Waals surface area contributed by atoms with Crippen molar-refractivity contribution in [3.05, 3.63) is 41.0 Å². The largest absolute Gasteiger partial charge is 0.453 e. The molecule has 21 heavy (non-hydrogen) atoms. The van der Waals surface area contributed by atoms with E-state index in [9.17, 15) is 4.39 Å². The van der Waals surface area contributed by atoms with E-state index < -0.39 is 0 Å². The van der Waals surface area contributed by atoms with Gasteiger partial charge in [0.05, 0.1) is 5.69 Å². The molecule has 4 nitrogen and oxygen atoms in total. The number of halogens is 1. The summed E-state index contributed by atoms with van der Waals surface area (Å²) in [5, 5.41) is 7.61. The van der Waals surface area contributed by atoms with Crippen molar-refractivity contribution in [3.8, 4) is 11.5 Å². The van der Waals surface area contributed by atoms with E-state index in [0.29, 0.717) is 18.3 Å². The Balaban J connectivity index is 2.30. The van der Waals surface area contributed by atoms with Gasteiger partial charge in [-0.05, 0) is 32.0 Å². The topological polar surface area (TPSA) is 39.1 Å². The Kier molecular flexibility index (Phi) is 4.63. The van der Waals surface area contributed by atoms with E-state index >= 15 is 0 Å². The third kappa shape index (κ3) is 3.61. The van der Waals surface area contributed by atoms with E-state index in [4.69, 9.17) is 4.74 Å². The number of rotatable bonds is 5. The molecule has 0 spiro atoms. The summed E-state index contributed by atoms with van der Waals surface area (Å²) in [6, 6.07) is 4.91. The van der Waals surface area contributed by atoms with Gasteiger partial charge in [0.15, 0.2) is 5.75 Å². The van der Waals surface area contributed by atoms with E-state index in [1.807, 2.05) is 20.9 Å². The fraction of sp³-hybridized carbons (Fsp3) is 0.438. The second-order valence-corrected chi connectivity index (χ2v) is 5.51. The minimum Gasteiger partial charge on any atom is -0.453 e. The van der Waals surface area contributed by atoms with Crippen LogP contribution in [0.3, 0.4) is 0 Å². The molecule has 0 radical (unpaired) electrons. The lowest BCUT2D eigenvalue weighted by Gasteiger charge is -2.14. The van der Waals surface area contributed by atoms with Crippen molar-refractivity contribution in [2.45, 2.75) is 40.3 Å². The highest BCUT2D eigenvalue weighted by Crippen LogP contribution is 2.30. The zero-order valence-corrected chi connectivity index (χ0v) is 13.2. The van der Waals surface area contributed by atoms with Crippen LogP contribution in [0.5, 0.6) is 11.5 Å². The van der Waals surface area contributed by atoms with Crippen LogP contribution in [0.25, 0.3) is 0 Å². The van der Waals surface area contributed by atoms with Crippen LogP contribution in [0.4, 0.5) is 4.39 Å². The van der Waals surface area contributed by atoms with Crippen LogP contribution >= 0.6 is 0 Å². The van der Waals surface area contributed by atoms with E-state index in [1.54, 1.807) is 10.7 Å². The zero-order valence-electron chi connectivity index (χ0n) is 13.2. The quantitative estimate of drug-likeness (QED) is 0.917. The number of hydrogen-bond acceptors (Lipinski definition) is 3. The van der Waals surface area contributed by atoms with Gasteiger partial charge >= 0.3 is 0 Å². The fourth-order valence-electron chi connectivity index (χ4n) is 2.11. The van der Waals surface area contributed by atoms with Gasteiger partial charge in [-0.2, -0.15) is 5.10 Å². The van der Waals surface area contributed by atoms with Crippen LogP contribution in [0.15, 0.2) is 18.2 Å². The summed E-state index contributed by atoms with van der Waals surface area (Å²) in [5.41, 5.74) is 2.56. The number of ether oxygens (including phenoxy) is 1. The average molecular weight is 291 g/mol. The van der Waals surface area contributed by atoms with E-state index in [-0.39, 0.29) is 5.82 Å². The Labute approximate surface area is 124 Å². The Hall–Kier alpha value is -1.88. The van der Waals surface area contributed by atoms with Crippen molar-refractivity contribution in [1.29, 1.82) is 0 Å². The highest BCUT2D eigenvalue weighted by molar-refractivity contribution is 5.41. The maximum Gasteiger partial charge on any atom is 0.171 e. The minimum absolute atomic E-state index is 0.262. The van der Waals surface area contributed by atoms with Crippen molar-refractivity contribution < 1.29 is 9.13 Å². The highest BCUT2D eigenvalue weighted by Gasteiger charge is 2.14. The molecule has 0 aliphatic heterocycles. The maximum absolute atomic E-state index is 13.5. The summed E-state index contributed by atoms with van der Waals surface area (Å²) < 4.78 is 21.2. The summed E-state index contributed by atoms with van der Waals surface area (Å²) in [6.45, 7) is 8.51. The number of nitrogens with zero attached hydrogens (tertiary/aromatic N) is 2. The lowest BCUT2D eigenvalue weighted by atomic mass is 10.2. The minimum atomic E-state index is -0.262. The molecule has 0 saturated heterocycles. The number of aromatic nitrogens is 2. The van der Waals surface area contributed by atoms with Gasteiger partial charge in [-0.3, -0.25) is 4.68 Å². The number of hydrogen-bond donors (Lipinski definition) is 1. The van der Waals surface area contributed by atoms with Gasteiger partial charge in [-0.25, -0.2) is 4.39 Å². The molecule has 5 heteroatoms.